The maximum Gasteiger partial charge on any atom is 0.124 e. The van der Waals surface area contributed by atoms with Gasteiger partial charge in [0.25, 0.3) is 0 Å². The zero-order valence-electron chi connectivity index (χ0n) is 9.44. The van der Waals surface area contributed by atoms with Crippen molar-refractivity contribution in [2.75, 3.05) is 13.1 Å². The van der Waals surface area contributed by atoms with E-state index in [9.17, 15) is 0 Å². The second-order valence-corrected chi connectivity index (χ2v) is 4.53. The Labute approximate surface area is 90.6 Å². The fraction of sp³-hybridized carbons (Fsp3) is 0.727. The molecule has 1 saturated heterocycles. The molecule has 0 saturated carbocycles. The average molecular weight is 209 g/mol. The van der Waals surface area contributed by atoms with E-state index in [4.69, 9.17) is 4.52 Å². The predicted octanol–water partition coefficient (Wildman–Crippen LogP) is 1.25. The summed E-state index contributed by atoms with van der Waals surface area (Å²) >= 11 is 0. The Morgan fingerprint density at radius 2 is 2.53 bits per heavy atom. The van der Waals surface area contributed by atoms with Crippen molar-refractivity contribution in [3.8, 4) is 0 Å². The minimum absolute atomic E-state index is 0.571. The quantitative estimate of drug-likeness (QED) is 0.810. The molecule has 15 heavy (non-hydrogen) atoms. The van der Waals surface area contributed by atoms with Crippen LogP contribution in [0.4, 0.5) is 0 Å². The highest BCUT2D eigenvalue weighted by molar-refractivity contribution is 4.96. The second-order valence-electron chi connectivity index (χ2n) is 4.53. The van der Waals surface area contributed by atoms with E-state index in [1.54, 1.807) is 6.26 Å². The van der Waals surface area contributed by atoms with Crippen molar-refractivity contribution < 1.29 is 4.52 Å². The topological polar surface area (TPSA) is 41.3 Å². The van der Waals surface area contributed by atoms with Gasteiger partial charge < -0.3 is 9.84 Å². The largest absolute Gasteiger partial charge is 0.364 e. The van der Waals surface area contributed by atoms with Crippen molar-refractivity contribution in [2.24, 2.45) is 0 Å². The van der Waals surface area contributed by atoms with Gasteiger partial charge in [-0.2, -0.15) is 0 Å². The first-order chi connectivity index (χ1) is 7.24. The van der Waals surface area contributed by atoms with Gasteiger partial charge in [0.2, 0.25) is 0 Å². The molecule has 0 spiro atoms. The molecule has 0 bridgehead atoms. The van der Waals surface area contributed by atoms with Crippen LogP contribution in [0.15, 0.2) is 16.9 Å². The van der Waals surface area contributed by atoms with Crippen molar-refractivity contribution in [1.29, 1.82) is 0 Å². The van der Waals surface area contributed by atoms with E-state index in [0.29, 0.717) is 12.1 Å². The van der Waals surface area contributed by atoms with Crippen LogP contribution in [0.2, 0.25) is 0 Å². The zero-order valence-corrected chi connectivity index (χ0v) is 9.44. The Bertz CT molecular complexity index is 284. The van der Waals surface area contributed by atoms with Crippen LogP contribution < -0.4 is 5.32 Å². The standard InChI is InChI=1S/C11H19N3O/c1-9(2)12-10-3-5-14(7-10)8-11-4-6-15-13-11/h4,6,9-10,12H,3,5,7-8H2,1-2H3. The van der Waals surface area contributed by atoms with Crippen LogP contribution >= 0.6 is 0 Å². The Kier molecular flexibility index (Phi) is 3.38. The molecule has 4 heteroatoms. The van der Waals surface area contributed by atoms with Crippen LogP contribution in [-0.2, 0) is 6.54 Å². The van der Waals surface area contributed by atoms with E-state index in [1.165, 1.54) is 6.42 Å². The van der Waals surface area contributed by atoms with Crippen molar-refractivity contribution in [2.45, 2.75) is 38.9 Å². The zero-order chi connectivity index (χ0) is 10.7. The van der Waals surface area contributed by atoms with Gasteiger partial charge in [-0.3, -0.25) is 4.90 Å². The lowest BCUT2D eigenvalue weighted by molar-refractivity contribution is 0.302. The monoisotopic (exact) mass is 209 g/mol. The Hall–Kier alpha value is -0.870. The van der Waals surface area contributed by atoms with Crippen LogP contribution in [0, 0.1) is 0 Å². The summed E-state index contributed by atoms with van der Waals surface area (Å²) in [6.45, 7) is 7.57. The van der Waals surface area contributed by atoms with Crippen LogP contribution in [0.3, 0.4) is 0 Å². The molecule has 1 unspecified atom stereocenters. The molecule has 1 N–H and O–H groups in total. The van der Waals surface area contributed by atoms with Crippen molar-refractivity contribution >= 4 is 0 Å². The second kappa shape index (κ2) is 4.77. The normalized spacial score (nSPS) is 22.7. The van der Waals surface area contributed by atoms with E-state index < -0.39 is 0 Å². The van der Waals surface area contributed by atoms with Gasteiger partial charge in [-0.15, -0.1) is 0 Å². The number of hydrogen-bond acceptors (Lipinski definition) is 4. The lowest BCUT2D eigenvalue weighted by Gasteiger charge is -2.17. The molecule has 4 nitrogen and oxygen atoms in total. The molecule has 0 aromatic carbocycles. The van der Waals surface area contributed by atoms with E-state index in [-0.39, 0.29) is 0 Å². The molecule has 1 fully saturated rings. The molecule has 0 aliphatic carbocycles. The Morgan fingerprint density at radius 3 is 3.20 bits per heavy atom. The molecule has 2 rings (SSSR count). The molecule has 0 radical (unpaired) electrons. The highest BCUT2D eigenvalue weighted by Gasteiger charge is 2.22. The minimum atomic E-state index is 0.571. The van der Waals surface area contributed by atoms with Gasteiger partial charge in [0.15, 0.2) is 0 Å². The molecule has 2 heterocycles. The van der Waals surface area contributed by atoms with Gasteiger partial charge in [-0.1, -0.05) is 19.0 Å². The van der Waals surface area contributed by atoms with Crippen LogP contribution in [0.5, 0.6) is 0 Å². The fourth-order valence-electron chi connectivity index (χ4n) is 2.13. The molecule has 1 aliphatic rings. The number of nitrogens with zero attached hydrogens (tertiary/aromatic N) is 2. The highest BCUT2D eigenvalue weighted by atomic mass is 16.5. The Morgan fingerprint density at radius 1 is 1.67 bits per heavy atom. The smallest absolute Gasteiger partial charge is 0.124 e. The van der Waals surface area contributed by atoms with Crippen molar-refractivity contribution in [3.05, 3.63) is 18.0 Å². The van der Waals surface area contributed by atoms with Crippen LogP contribution in [0.25, 0.3) is 0 Å². The fourth-order valence-corrected chi connectivity index (χ4v) is 2.13. The van der Waals surface area contributed by atoms with E-state index in [1.807, 2.05) is 6.07 Å². The summed E-state index contributed by atoms with van der Waals surface area (Å²) in [6, 6.07) is 3.14. The first-order valence-corrected chi connectivity index (χ1v) is 5.61. The third kappa shape index (κ3) is 3.04. The molecule has 0 amide bonds. The highest BCUT2D eigenvalue weighted by Crippen LogP contribution is 2.12. The summed E-state index contributed by atoms with van der Waals surface area (Å²) in [5.41, 5.74) is 1.03. The van der Waals surface area contributed by atoms with E-state index in [0.717, 1.165) is 25.3 Å². The third-order valence-electron chi connectivity index (χ3n) is 2.72. The van der Waals surface area contributed by atoms with E-state index in [2.05, 4.69) is 29.2 Å². The first-order valence-electron chi connectivity index (χ1n) is 5.61. The number of likely N-dealkylation sites (tertiary alicyclic amines) is 1. The van der Waals surface area contributed by atoms with Crippen molar-refractivity contribution in [3.63, 3.8) is 0 Å². The maximum absolute atomic E-state index is 4.82. The molecular formula is C11H19N3O. The minimum Gasteiger partial charge on any atom is -0.364 e. The first kappa shape index (κ1) is 10.6. The molecule has 84 valence electrons. The van der Waals surface area contributed by atoms with Gasteiger partial charge in [0.05, 0.1) is 5.69 Å². The average Bonchev–Trinajstić information content (AvgIpc) is 2.77. The van der Waals surface area contributed by atoms with Gasteiger partial charge in [0, 0.05) is 37.8 Å². The number of nitrogens with one attached hydrogen (secondary N) is 1. The molecule has 1 atom stereocenters. The number of aromatic nitrogens is 1. The lowest BCUT2D eigenvalue weighted by Crippen LogP contribution is -2.36. The maximum atomic E-state index is 4.82. The molecular weight excluding hydrogens is 190 g/mol. The summed E-state index contributed by atoms with van der Waals surface area (Å²) in [5.74, 6) is 0. The molecule has 1 aromatic heterocycles. The summed E-state index contributed by atoms with van der Waals surface area (Å²) in [6.07, 6.45) is 2.87. The van der Waals surface area contributed by atoms with Gasteiger partial charge >= 0.3 is 0 Å². The third-order valence-corrected chi connectivity index (χ3v) is 2.72. The lowest BCUT2D eigenvalue weighted by atomic mass is 10.2. The summed E-state index contributed by atoms with van der Waals surface area (Å²) in [5, 5.41) is 7.49. The van der Waals surface area contributed by atoms with Crippen LogP contribution in [0.1, 0.15) is 26.0 Å². The molecule has 1 aliphatic heterocycles. The Balaban J connectivity index is 1.78. The molecule has 1 aromatic rings. The van der Waals surface area contributed by atoms with Crippen LogP contribution in [-0.4, -0.2) is 35.2 Å². The van der Waals surface area contributed by atoms with Gasteiger partial charge in [-0.25, -0.2) is 0 Å². The SMILES string of the molecule is CC(C)NC1CCN(Cc2ccon2)C1. The summed E-state index contributed by atoms with van der Waals surface area (Å²) in [7, 11) is 0. The number of rotatable bonds is 4. The van der Waals surface area contributed by atoms with Gasteiger partial charge in [-0.05, 0) is 6.42 Å². The predicted molar refractivity (Wildman–Crippen MR) is 58.5 cm³/mol. The van der Waals surface area contributed by atoms with Gasteiger partial charge in [0.1, 0.15) is 6.26 Å². The van der Waals surface area contributed by atoms with E-state index >= 15 is 0 Å². The summed E-state index contributed by atoms with van der Waals surface area (Å²) in [4.78, 5) is 2.41. The number of hydrogen-bond donors (Lipinski definition) is 1. The van der Waals surface area contributed by atoms with Crippen molar-refractivity contribution in [1.82, 2.24) is 15.4 Å². The summed E-state index contributed by atoms with van der Waals surface area (Å²) < 4.78 is 4.82.